The summed E-state index contributed by atoms with van der Waals surface area (Å²) in [5, 5.41) is 16.5. The maximum atomic E-state index is 8.64. The average Bonchev–Trinajstić information content (AvgIpc) is 2.59. The molecule has 1 heterocycles. The van der Waals surface area contributed by atoms with Crippen molar-refractivity contribution in [2.45, 2.75) is 6.92 Å². The van der Waals surface area contributed by atoms with Gasteiger partial charge in [0, 0.05) is 12.1 Å². The summed E-state index contributed by atoms with van der Waals surface area (Å²) in [6, 6.07) is 6.98. The normalized spacial score (nSPS) is 10.5. The van der Waals surface area contributed by atoms with Crippen molar-refractivity contribution in [1.82, 2.24) is 9.78 Å². The molecule has 0 aliphatic carbocycles. The molecule has 5 nitrogen and oxygen atoms in total. The van der Waals surface area contributed by atoms with Crippen molar-refractivity contribution in [3.05, 3.63) is 40.5 Å². The molecule has 0 amide bonds. The molecule has 0 aliphatic rings. The predicted octanol–water partition coefficient (Wildman–Crippen LogP) is -0.0137. The van der Waals surface area contributed by atoms with Crippen molar-refractivity contribution in [2.24, 2.45) is 12.2 Å². The second kappa shape index (κ2) is 6.96. The van der Waals surface area contributed by atoms with E-state index in [-0.39, 0.29) is 29.6 Å². The summed E-state index contributed by atoms with van der Waals surface area (Å²) in [5.74, 6) is 1.14. The van der Waals surface area contributed by atoms with E-state index in [9.17, 15) is 0 Å². The Bertz CT molecular complexity index is 581. The van der Waals surface area contributed by atoms with E-state index < -0.39 is 0 Å². The molecule has 0 aliphatic heterocycles. The number of benzene rings is 1. The van der Waals surface area contributed by atoms with Crippen LogP contribution in [0.25, 0.3) is 0 Å². The SMILES string of the molecule is Cc1nn(C)c(Oc2ccc(Cl)cc2)c1/C=N/O.[Na+]. The van der Waals surface area contributed by atoms with E-state index >= 15 is 0 Å². The molecule has 0 unspecified atom stereocenters. The Labute approximate surface area is 138 Å². The first kappa shape index (κ1) is 16.0. The monoisotopic (exact) mass is 288 g/mol. The van der Waals surface area contributed by atoms with Gasteiger partial charge in [0.1, 0.15) is 5.75 Å². The maximum absolute atomic E-state index is 8.64. The smallest absolute Gasteiger partial charge is 0.439 e. The van der Waals surface area contributed by atoms with Gasteiger partial charge in [0.05, 0.1) is 17.5 Å². The third-order valence-corrected chi connectivity index (χ3v) is 2.68. The van der Waals surface area contributed by atoms with Crippen LogP contribution in [-0.2, 0) is 7.05 Å². The van der Waals surface area contributed by atoms with Crippen molar-refractivity contribution in [3.8, 4) is 11.6 Å². The number of aryl methyl sites for hydroxylation is 2. The fourth-order valence-electron chi connectivity index (χ4n) is 1.60. The van der Waals surface area contributed by atoms with Gasteiger partial charge in [0.2, 0.25) is 5.88 Å². The van der Waals surface area contributed by atoms with Gasteiger partial charge >= 0.3 is 29.6 Å². The van der Waals surface area contributed by atoms with E-state index in [0.717, 1.165) is 5.69 Å². The van der Waals surface area contributed by atoms with E-state index in [0.29, 0.717) is 22.2 Å². The molecule has 0 bridgehead atoms. The largest absolute Gasteiger partial charge is 1.00 e. The molecule has 0 spiro atoms. The fraction of sp³-hybridized carbons (Fsp3) is 0.167. The van der Waals surface area contributed by atoms with Gasteiger partial charge in [-0.2, -0.15) is 5.10 Å². The van der Waals surface area contributed by atoms with Crippen LogP contribution in [0.2, 0.25) is 5.02 Å². The van der Waals surface area contributed by atoms with Crippen molar-refractivity contribution in [2.75, 3.05) is 0 Å². The van der Waals surface area contributed by atoms with Gasteiger partial charge in [0.15, 0.2) is 0 Å². The van der Waals surface area contributed by atoms with Crippen LogP contribution in [0.4, 0.5) is 0 Å². The Morgan fingerprint density at radius 2 is 2.00 bits per heavy atom. The van der Waals surface area contributed by atoms with Crippen LogP contribution in [0.1, 0.15) is 11.3 Å². The van der Waals surface area contributed by atoms with Crippen molar-refractivity contribution >= 4 is 17.8 Å². The summed E-state index contributed by atoms with van der Waals surface area (Å²) in [5.41, 5.74) is 1.36. The molecule has 2 rings (SSSR count). The second-order valence-corrected chi connectivity index (χ2v) is 4.16. The van der Waals surface area contributed by atoms with Gasteiger partial charge in [-0.15, -0.1) is 0 Å². The van der Waals surface area contributed by atoms with Crippen LogP contribution in [0, 0.1) is 6.92 Å². The summed E-state index contributed by atoms with van der Waals surface area (Å²) in [7, 11) is 1.76. The molecule has 0 saturated carbocycles. The summed E-state index contributed by atoms with van der Waals surface area (Å²) >= 11 is 5.80. The molecule has 2 aromatic rings. The van der Waals surface area contributed by atoms with Crippen LogP contribution >= 0.6 is 11.6 Å². The number of halogens is 1. The Morgan fingerprint density at radius 3 is 2.58 bits per heavy atom. The minimum Gasteiger partial charge on any atom is -0.439 e. The summed E-state index contributed by atoms with van der Waals surface area (Å²) in [6.45, 7) is 1.81. The molecule has 0 fully saturated rings. The van der Waals surface area contributed by atoms with Crippen LogP contribution in [0.3, 0.4) is 0 Å². The van der Waals surface area contributed by atoms with E-state index in [2.05, 4.69) is 10.3 Å². The van der Waals surface area contributed by atoms with Crippen LogP contribution < -0.4 is 34.3 Å². The molecular formula is C12H12ClN3NaO2+. The molecule has 0 atom stereocenters. The van der Waals surface area contributed by atoms with E-state index in [1.54, 1.807) is 36.0 Å². The summed E-state index contributed by atoms with van der Waals surface area (Å²) < 4.78 is 7.29. The Balaban J connectivity index is 0.00000180. The zero-order valence-corrected chi connectivity index (χ0v) is 13.7. The molecule has 1 aromatic carbocycles. The van der Waals surface area contributed by atoms with Crippen molar-refractivity contribution in [3.63, 3.8) is 0 Å². The average molecular weight is 289 g/mol. The molecule has 0 radical (unpaired) electrons. The standard InChI is InChI=1S/C12H12ClN3O2.Na/c1-8-11(7-14-17)12(16(2)15-8)18-10-5-3-9(13)4-6-10;/h3-7,17H,1-2H3;/q;+1/b14-7+;. The number of oxime groups is 1. The number of aromatic nitrogens is 2. The number of ether oxygens (including phenoxy) is 1. The molecule has 7 heteroatoms. The zero-order chi connectivity index (χ0) is 13.1. The van der Waals surface area contributed by atoms with Crippen LogP contribution in [0.15, 0.2) is 29.4 Å². The molecule has 94 valence electrons. The second-order valence-electron chi connectivity index (χ2n) is 3.73. The van der Waals surface area contributed by atoms with Gasteiger partial charge < -0.3 is 9.94 Å². The fourth-order valence-corrected chi connectivity index (χ4v) is 1.72. The van der Waals surface area contributed by atoms with Gasteiger partial charge in [-0.25, -0.2) is 4.68 Å². The van der Waals surface area contributed by atoms with Crippen LogP contribution in [0.5, 0.6) is 11.6 Å². The first-order chi connectivity index (χ1) is 8.61. The quantitative estimate of drug-likeness (QED) is 0.374. The Morgan fingerprint density at radius 1 is 1.37 bits per heavy atom. The van der Waals surface area contributed by atoms with Gasteiger partial charge in [0.25, 0.3) is 0 Å². The minimum atomic E-state index is 0. The van der Waals surface area contributed by atoms with E-state index in [1.165, 1.54) is 6.21 Å². The van der Waals surface area contributed by atoms with Crippen molar-refractivity contribution < 1.29 is 39.5 Å². The summed E-state index contributed by atoms with van der Waals surface area (Å²) in [4.78, 5) is 0. The Kier molecular flexibility index (Phi) is 5.87. The third kappa shape index (κ3) is 3.73. The van der Waals surface area contributed by atoms with Gasteiger partial charge in [-0.05, 0) is 31.2 Å². The topological polar surface area (TPSA) is 59.6 Å². The maximum Gasteiger partial charge on any atom is 1.00 e. The molecule has 1 aromatic heterocycles. The summed E-state index contributed by atoms with van der Waals surface area (Å²) in [6.07, 6.45) is 1.30. The third-order valence-electron chi connectivity index (χ3n) is 2.43. The van der Waals surface area contributed by atoms with Gasteiger partial charge in [-0.3, -0.25) is 0 Å². The molecular weight excluding hydrogens is 277 g/mol. The van der Waals surface area contributed by atoms with E-state index in [1.807, 2.05) is 6.92 Å². The number of hydrogen-bond acceptors (Lipinski definition) is 4. The number of hydrogen-bond donors (Lipinski definition) is 1. The first-order valence-corrected chi connectivity index (χ1v) is 5.64. The molecule has 19 heavy (non-hydrogen) atoms. The zero-order valence-electron chi connectivity index (χ0n) is 11.0. The predicted molar refractivity (Wildman–Crippen MR) is 68.9 cm³/mol. The molecule has 0 saturated heterocycles. The van der Waals surface area contributed by atoms with E-state index in [4.69, 9.17) is 21.5 Å². The molecule has 1 N–H and O–H groups in total. The van der Waals surface area contributed by atoms with Crippen molar-refractivity contribution in [1.29, 1.82) is 0 Å². The number of nitrogens with zero attached hydrogens (tertiary/aromatic N) is 3. The minimum absolute atomic E-state index is 0. The van der Waals surface area contributed by atoms with Crippen LogP contribution in [-0.4, -0.2) is 21.2 Å². The first-order valence-electron chi connectivity index (χ1n) is 5.26. The Hall–Kier alpha value is -1.01. The number of rotatable bonds is 3. The van der Waals surface area contributed by atoms with Gasteiger partial charge in [-0.1, -0.05) is 16.8 Å².